The maximum absolute atomic E-state index is 14.4. The molecule has 1 aliphatic carbocycles. The maximum Gasteiger partial charge on any atom is 0.223 e. The maximum atomic E-state index is 14.4. The van der Waals surface area contributed by atoms with Gasteiger partial charge in [0, 0.05) is 17.4 Å². The van der Waals surface area contributed by atoms with E-state index in [2.05, 4.69) is 10.3 Å². The van der Waals surface area contributed by atoms with Crippen LogP contribution in [0.25, 0.3) is 22.2 Å². The zero-order valence-corrected chi connectivity index (χ0v) is 16.0. The first kappa shape index (κ1) is 20.4. The summed E-state index contributed by atoms with van der Waals surface area (Å²) in [6.45, 7) is -0.734. The number of H-pyrrole nitrogens is 1. The number of aliphatic hydroxyl groups excluding tert-OH is 2. The van der Waals surface area contributed by atoms with E-state index in [0.29, 0.717) is 35.0 Å². The highest BCUT2D eigenvalue weighted by molar-refractivity contribution is 5.92. The van der Waals surface area contributed by atoms with E-state index >= 15 is 0 Å². The van der Waals surface area contributed by atoms with E-state index in [1.807, 2.05) is 0 Å². The Morgan fingerprint density at radius 1 is 1.07 bits per heavy atom. The Labute approximate surface area is 170 Å². The molecule has 1 saturated carbocycles. The summed E-state index contributed by atoms with van der Waals surface area (Å²) < 4.78 is 41.7. The number of hydrogen-bond donors (Lipinski definition) is 4. The van der Waals surface area contributed by atoms with E-state index in [4.69, 9.17) is 10.2 Å². The average molecular weight is 418 g/mol. The van der Waals surface area contributed by atoms with Gasteiger partial charge < -0.3 is 20.5 Å². The molecule has 4 N–H and O–H groups in total. The zero-order valence-electron chi connectivity index (χ0n) is 16.0. The lowest BCUT2D eigenvalue weighted by Gasteiger charge is -2.35. The van der Waals surface area contributed by atoms with Crippen LogP contribution in [0, 0.1) is 23.4 Å². The van der Waals surface area contributed by atoms with E-state index < -0.39 is 23.5 Å². The number of carbonyl (C=O) groups is 1. The van der Waals surface area contributed by atoms with Gasteiger partial charge in [0.15, 0.2) is 0 Å². The van der Waals surface area contributed by atoms with Crippen molar-refractivity contribution in [2.75, 3.05) is 13.2 Å². The smallest absolute Gasteiger partial charge is 0.223 e. The number of halogens is 3. The monoisotopic (exact) mass is 418 g/mol. The molecular weight excluding hydrogens is 397 g/mol. The summed E-state index contributed by atoms with van der Waals surface area (Å²) in [5.74, 6) is -2.57. The third-order valence-corrected chi connectivity index (χ3v) is 5.70. The Kier molecular flexibility index (Phi) is 5.53. The summed E-state index contributed by atoms with van der Waals surface area (Å²) in [4.78, 5) is 15.3. The van der Waals surface area contributed by atoms with Gasteiger partial charge in [0.2, 0.25) is 5.91 Å². The molecule has 1 fully saturated rings. The molecule has 158 valence electrons. The summed E-state index contributed by atoms with van der Waals surface area (Å²) in [6.07, 6.45) is 0.906. The highest BCUT2D eigenvalue weighted by atomic mass is 19.1. The summed E-state index contributed by atoms with van der Waals surface area (Å²) in [7, 11) is 0. The number of amides is 1. The van der Waals surface area contributed by atoms with Gasteiger partial charge in [-0.2, -0.15) is 0 Å². The molecule has 5 nitrogen and oxygen atoms in total. The van der Waals surface area contributed by atoms with Crippen molar-refractivity contribution in [2.45, 2.75) is 24.8 Å². The predicted octanol–water partition coefficient (Wildman–Crippen LogP) is 3.22. The van der Waals surface area contributed by atoms with Gasteiger partial charge in [0.1, 0.15) is 17.5 Å². The van der Waals surface area contributed by atoms with Crippen molar-refractivity contribution in [1.82, 2.24) is 10.3 Å². The van der Waals surface area contributed by atoms with Gasteiger partial charge in [0.25, 0.3) is 0 Å². The second kappa shape index (κ2) is 8.12. The van der Waals surface area contributed by atoms with E-state index in [1.54, 1.807) is 12.1 Å². The van der Waals surface area contributed by atoms with Crippen molar-refractivity contribution >= 4 is 16.8 Å². The molecule has 8 heteroatoms. The second-order valence-electron chi connectivity index (χ2n) is 7.67. The van der Waals surface area contributed by atoms with Gasteiger partial charge in [-0.05, 0) is 60.2 Å². The van der Waals surface area contributed by atoms with Crippen molar-refractivity contribution < 1.29 is 28.2 Å². The first-order chi connectivity index (χ1) is 14.4. The summed E-state index contributed by atoms with van der Waals surface area (Å²) in [5.41, 5.74) is 2.07. The Bertz CT molecular complexity index is 1070. The second-order valence-corrected chi connectivity index (χ2v) is 7.67. The lowest BCUT2D eigenvalue weighted by Crippen LogP contribution is -2.46. The van der Waals surface area contributed by atoms with Crippen molar-refractivity contribution in [1.29, 1.82) is 0 Å². The van der Waals surface area contributed by atoms with Crippen LogP contribution in [0.2, 0.25) is 0 Å². The van der Waals surface area contributed by atoms with Crippen molar-refractivity contribution in [3.05, 3.63) is 59.4 Å². The standard InChI is InChI=1S/C22H21F3N2O3/c23-14-3-1-11(2-4-14)20-19(17-7-15(24)8-18(25)21(17)27-20)12-5-13(6-12)22(30)26-16(9-28)10-29/h1-4,7-8,12-13,16,27-29H,5-6,9-10H2,(H,26,30)/t12-,13-. The fourth-order valence-electron chi connectivity index (χ4n) is 4.04. The van der Waals surface area contributed by atoms with E-state index in [1.165, 1.54) is 18.2 Å². The molecule has 0 radical (unpaired) electrons. The van der Waals surface area contributed by atoms with Crippen LogP contribution in [0.5, 0.6) is 0 Å². The highest BCUT2D eigenvalue weighted by Crippen LogP contribution is 2.48. The number of fused-ring (bicyclic) bond motifs is 1. The number of hydrogen-bond acceptors (Lipinski definition) is 3. The van der Waals surface area contributed by atoms with Crippen molar-refractivity contribution in [2.24, 2.45) is 5.92 Å². The number of aromatic nitrogens is 1. The molecule has 0 unspecified atom stereocenters. The number of aromatic amines is 1. The number of nitrogens with one attached hydrogen (secondary N) is 2. The van der Waals surface area contributed by atoms with Crippen LogP contribution in [0.4, 0.5) is 13.2 Å². The number of aliphatic hydroxyl groups is 2. The van der Waals surface area contributed by atoms with Crippen LogP contribution in [-0.4, -0.2) is 40.4 Å². The minimum atomic E-state index is -0.720. The molecule has 0 spiro atoms. The van der Waals surface area contributed by atoms with Gasteiger partial charge in [-0.1, -0.05) is 0 Å². The van der Waals surface area contributed by atoms with E-state index in [0.717, 1.165) is 6.07 Å². The van der Waals surface area contributed by atoms with Gasteiger partial charge in [0.05, 0.1) is 30.5 Å². The largest absolute Gasteiger partial charge is 0.394 e. The normalized spacial score (nSPS) is 18.6. The van der Waals surface area contributed by atoms with E-state index in [-0.39, 0.29) is 36.5 Å². The SMILES string of the molecule is O=C(NC(CO)CO)[C@H]1C[C@H](c2c(-c3ccc(F)cc3)[nH]c3c(F)cc(F)cc32)C1. The molecule has 1 amide bonds. The zero-order chi connectivity index (χ0) is 21.4. The Morgan fingerprint density at radius 3 is 2.37 bits per heavy atom. The molecule has 0 atom stereocenters. The predicted molar refractivity (Wildman–Crippen MR) is 105 cm³/mol. The van der Waals surface area contributed by atoms with Crippen LogP contribution >= 0.6 is 0 Å². The van der Waals surface area contributed by atoms with Gasteiger partial charge in [-0.3, -0.25) is 4.79 Å². The Balaban J connectivity index is 1.67. The van der Waals surface area contributed by atoms with Crippen LogP contribution in [0.3, 0.4) is 0 Å². The van der Waals surface area contributed by atoms with Crippen molar-refractivity contribution in [3.8, 4) is 11.3 Å². The van der Waals surface area contributed by atoms with Crippen LogP contribution in [0.15, 0.2) is 36.4 Å². The molecule has 1 heterocycles. The lowest BCUT2D eigenvalue weighted by molar-refractivity contribution is -0.129. The van der Waals surface area contributed by atoms with Gasteiger partial charge in [-0.25, -0.2) is 13.2 Å². The van der Waals surface area contributed by atoms with E-state index in [9.17, 15) is 18.0 Å². The van der Waals surface area contributed by atoms with Crippen LogP contribution in [0.1, 0.15) is 24.3 Å². The molecule has 1 aromatic heterocycles. The van der Waals surface area contributed by atoms with Gasteiger partial charge in [-0.15, -0.1) is 0 Å². The van der Waals surface area contributed by atoms with Crippen LogP contribution < -0.4 is 5.32 Å². The molecule has 3 aromatic rings. The fourth-order valence-corrected chi connectivity index (χ4v) is 4.04. The first-order valence-electron chi connectivity index (χ1n) is 9.70. The molecule has 30 heavy (non-hydrogen) atoms. The fraction of sp³-hybridized carbons (Fsp3) is 0.318. The van der Waals surface area contributed by atoms with Crippen molar-refractivity contribution in [3.63, 3.8) is 0 Å². The van der Waals surface area contributed by atoms with Gasteiger partial charge >= 0.3 is 0 Å². The lowest BCUT2D eigenvalue weighted by atomic mass is 9.69. The first-order valence-corrected chi connectivity index (χ1v) is 9.70. The van der Waals surface area contributed by atoms with Crippen LogP contribution in [-0.2, 0) is 4.79 Å². The molecule has 0 aliphatic heterocycles. The minimum Gasteiger partial charge on any atom is -0.394 e. The third-order valence-electron chi connectivity index (χ3n) is 5.70. The Hall–Kier alpha value is -2.84. The molecule has 0 bridgehead atoms. The minimum absolute atomic E-state index is 0.127. The molecule has 0 saturated heterocycles. The highest BCUT2D eigenvalue weighted by Gasteiger charge is 2.39. The summed E-state index contributed by atoms with van der Waals surface area (Å²) in [6, 6.07) is 7.06. The Morgan fingerprint density at radius 2 is 1.73 bits per heavy atom. The number of carbonyl (C=O) groups excluding carboxylic acids is 1. The quantitative estimate of drug-likeness (QED) is 0.496. The summed E-state index contributed by atoms with van der Waals surface area (Å²) in [5, 5.41) is 21.2. The summed E-state index contributed by atoms with van der Waals surface area (Å²) >= 11 is 0. The molecule has 2 aromatic carbocycles. The molecule has 4 rings (SSSR count). The molecule has 1 aliphatic rings. The number of benzene rings is 2. The topological polar surface area (TPSA) is 85.3 Å². The molecular formula is C22H21F3N2O3. The third kappa shape index (κ3) is 3.68. The number of rotatable bonds is 6. The average Bonchev–Trinajstić information content (AvgIpc) is 3.05.